The first-order valence-corrected chi connectivity index (χ1v) is 8.71. The number of amidine groups is 1. The van der Waals surface area contributed by atoms with E-state index in [0.29, 0.717) is 17.1 Å². The maximum absolute atomic E-state index is 9.51. The number of ether oxygens (including phenoxy) is 1. The minimum absolute atomic E-state index is 0.553. The minimum atomic E-state index is -0.553. The van der Waals surface area contributed by atoms with Crippen molar-refractivity contribution >= 4 is 5.84 Å². The first kappa shape index (κ1) is 16.9. The lowest BCUT2D eigenvalue weighted by atomic mass is 9.83. The highest BCUT2D eigenvalue weighted by atomic mass is 16.5. The number of nitrogens with zero attached hydrogens (tertiary/aromatic N) is 2. The van der Waals surface area contributed by atoms with E-state index in [1.807, 2.05) is 36.4 Å². The molecule has 3 aromatic carbocycles. The molecule has 3 aromatic rings. The first-order chi connectivity index (χ1) is 13.1. The molecular weight excluding hydrogens is 334 g/mol. The zero-order chi connectivity index (χ0) is 19.0. The van der Waals surface area contributed by atoms with Crippen LogP contribution in [0.1, 0.15) is 29.2 Å². The Morgan fingerprint density at radius 1 is 1.00 bits per heavy atom. The number of hydrogen-bond donors (Lipinski definition) is 1. The van der Waals surface area contributed by atoms with Gasteiger partial charge in [0.25, 0.3) is 0 Å². The quantitative estimate of drug-likeness (QED) is 0.766. The summed E-state index contributed by atoms with van der Waals surface area (Å²) in [6.07, 6.45) is 0. The molecule has 0 bridgehead atoms. The Morgan fingerprint density at radius 3 is 2.59 bits per heavy atom. The van der Waals surface area contributed by atoms with Crippen molar-refractivity contribution in [3.05, 3.63) is 89.0 Å². The molecule has 0 spiro atoms. The monoisotopic (exact) mass is 353 g/mol. The fourth-order valence-corrected chi connectivity index (χ4v) is 3.69. The molecule has 4 rings (SSSR count). The van der Waals surface area contributed by atoms with E-state index >= 15 is 0 Å². The second-order valence-electron chi connectivity index (χ2n) is 6.72. The van der Waals surface area contributed by atoms with Crippen LogP contribution in [0.5, 0.6) is 5.75 Å². The van der Waals surface area contributed by atoms with Gasteiger partial charge < -0.3 is 10.5 Å². The van der Waals surface area contributed by atoms with Crippen molar-refractivity contribution in [2.45, 2.75) is 12.5 Å². The van der Waals surface area contributed by atoms with E-state index < -0.39 is 5.54 Å². The Balaban J connectivity index is 1.88. The summed E-state index contributed by atoms with van der Waals surface area (Å²) in [5, 5.41) is 9.51. The molecule has 0 fully saturated rings. The number of nitrogens with two attached hydrogens (primary N) is 1. The zero-order valence-corrected chi connectivity index (χ0v) is 15.2. The summed E-state index contributed by atoms with van der Waals surface area (Å²) in [6.45, 7) is 2.07. The van der Waals surface area contributed by atoms with Gasteiger partial charge in [-0.25, -0.2) is 0 Å². The standard InChI is InChI=1S/C23H19N3O/c1-23(21-9-4-3-8-19(21)22(25)26-23)17-7-5-6-15(12-17)20-13-18(27-2)11-10-16(20)14-24/h3-13H,1-2H3,(H2,25,26). The molecule has 1 aliphatic rings. The lowest BCUT2D eigenvalue weighted by Crippen LogP contribution is -2.18. The maximum Gasteiger partial charge on any atom is 0.127 e. The summed E-state index contributed by atoms with van der Waals surface area (Å²) in [5.74, 6) is 1.27. The third-order valence-corrected chi connectivity index (χ3v) is 5.15. The van der Waals surface area contributed by atoms with Gasteiger partial charge in [0.2, 0.25) is 0 Å². The summed E-state index contributed by atoms with van der Waals surface area (Å²) < 4.78 is 5.34. The number of nitriles is 1. The highest BCUT2D eigenvalue weighted by Crippen LogP contribution is 2.41. The number of aliphatic imine (C=N–C) groups is 1. The number of benzene rings is 3. The average molecular weight is 353 g/mol. The second-order valence-corrected chi connectivity index (χ2v) is 6.72. The summed E-state index contributed by atoms with van der Waals surface area (Å²) >= 11 is 0. The second kappa shape index (κ2) is 6.30. The van der Waals surface area contributed by atoms with Crippen molar-refractivity contribution in [1.82, 2.24) is 0 Å². The molecule has 1 unspecified atom stereocenters. The van der Waals surface area contributed by atoms with Crippen LogP contribution >= 0.6 is 0 Å². The Bertz CT molecular complexity index is 1110. The van der Waals surface area contributed by atoms with Gasteiger partial charge in [0.15, 0.2) is 0 Å². The van der Waals surface area contributed by atoms with Crippen LogP contribution in [-0.2, 0) is 5.54 Å². The Labute approximate surface area is 158 Å². The molecule has 4 heteroatoms. The van der Waals surface area contributed by atoms with E-state index in [2.05, 4.69) is 31.2 Å². The van der Waals surface area contributed by atoms with Crippen LogP contribution in [0.25, 0.3) is 11.1 Å². The number of hydrogen-bond acceptors (Lipinski definition) is 4. The summed E-state index contributed by atoms with van der Waals surface area (Å²) in [6, 6.07) is 23.9. The maximum atomic E-state index is 9.51. The van der Waals surface area contributed by atoms with Gasteiger partial charge in [0, 0.05) is 11.1 Å². The number of rotatable bonds is 3. The highest BCUT2D eigenvalue weighted by molar-refractivity contribution is 6.02. The largest absolute Gasteiger partial charge is 0.497 e. The van der Waals surface area contributed by atoms with Gasteiger partial charge in [-0.15, -0.1) is 0 Å². The summed E-state index contributed by atoms with van der Waals surface area (Å²) in [7, 11) is 1.62. The van der Waals surface area contributed by atoms with E-state index in [4.69, 9.17) is 15.5 Å². The van der Waals surface area contributed by atoms with Gasteiger partial charge in [-0.05, 0) is 47.9 Å². The third-order valence-electron chi connectivity index (χ3n) is 5.15. The van der Waals surface area contributed by atoms with Crippen molar-refractivity contribution < 1.29 is 4.74 Å². The Kier molecular flexibility index (Phi) is 3.93. The highest BCUT2D eigenvalue weighted by Gasteiger charge is 2.36. The topological polar surface area (TPSA) is 71.4 Å². The molecule has 27 heavy (non-hydrogen) atoms. The van der Waals surface area contributed by atoms with Crippen molar-refractivity contribution in [3.63, 3.8) is 0 Å². The molecule has 0 aromatic heterocycles. The first-order valence-electron chi connectivity index (χ1n) is 8.71. The normalized spacial score (nSPS) is 17.7. The number of methoxy groups -OCH3 is 1. The Morgan fingerprint density at radius 2 is 1.81 bits per heavy atom. The average Bonchev–Trinajstić information content (AvgIpc) is 2.99. The Hall–Kier alpha value is -3.58. The zero-order valence-electron chi connectivity index (χ0n) is 15.2. The van der Waals surface area contributed by atoms with Crippen molar-refractivity contribution in [2.24, 2.45) is 10.7 Å². The van der Waals surface area contributed by atoms with E-state index in [0.717, 1.165) is 27.8 Å². The molecule has 0 amide bonds. The van der Waals surface area contributed by atoms with Crippen LogP contribution in [0.3, 0.4) is 0 Å². The van der Waals surface area contributed by atoms with E-state index in [1.165, 1.54) is 0 Å². The third kappa shape index (κ3) is 2.65. The van der Waals surface area contributed by atoms with Gasteiger partial charge in [0.05, 0.1) is 18.7 Å². The molecule has 0 saturated carbocycles. The predicted molar refractivity (Wildman–Crippen MR) is 107 cm³/mol. The molecule has 1 aliphatic heterocycles. The lowest BCUT2D eigenvalue weighted by Gasteiger charge is -2.24. The van der Waals surface area contributed by atoms with Crippen LogP contribution in [-0.4, -0.2) is 12.9 Å². The van der Waals surface area contributed by atoms with Crippen LogP contribution in [0.2, 0.25) is 0 Å². The molecule has 4 nitrogen and oxygen atoms in total. The van der Waals surface area contributed by atoms with Crippen molar-refractivity contribution in [1.29, 1.82) is 5.26 Å². The summed E-state index contributed by atoms with van der Waals surface area (Å²) in [5.41, 5.74) is 11.1. The van der Waals surface area contributed by atoms with Crippen molar-refractivity contribution in [3.8, 4) is 22.9 Å². The van der Waals surface area contributed by atoms with Crippen LogP contribution < -0.4 is 10.5 Å². The van der Waals surface area contributed by atoms with Gasteiger partial charge in [-0.2, -0.15) is 5.26 Å². The fourth-order valence-electron chi connectivity index (χ4n) is 3.69. The minimum Gasteiger partial charge on any atom is -0.497 e. The van der Waals surface area contributed by atoms with Crippen LogP contribution in [0, 0.1) is 11.3 Å². The molecule has 0 radical (unpaired) electrons. The van der Waals surface area contributed by atoms with E-state index in [-0.39, 0.29) is 0 Å². The molecule has 0 saturated heterocycles. The van der Waals surface area contributed by atoms with Gasteiger partial charge >= 0.3 is 0 Å². The predicted octanol–water partition coefficient (Wildman–Crippen LogP) is 4.22. The molecular formula is C23H19N3O. The smallest absolute Gasteiger partial charge is 0.127 e. The van der Waals surface area contributed by atoms with Crippen LogP contribution in [0.15, 0.2) is 71.7 Å². The van der Waals surface area contributed by atoms with E-state index in [9.17, 15) is 5.26 Å². The molecule has 1 atom stereocenters. The van der Waals surface area contributed by atoms with Gasteiger partial charge in [-0.1, -0.05) is 42.5 Å². The molecule has 0 aliphatic carbocycles. The number of fused-ring (bicyclic) bond motifs is 1. The molecule has 2 N–H and O–H groups in total. The lowest BCUT2D eigenvalue weighted by molar-refractivity contribution is 0.415. The van der Waals surface area contributed by atoms with E-state index in [1.54, 1.807) is 19.2 Å². The van der Waals surface area contributed by atoms with Crippen LogP contribution in [0.4, 0.5) is 0 Å². The SMILES string of the molecule is COc1ccc(C#N)c(-c2cccc(C3(C)N=C(N)c4ccccc43)c2)c1. The van der Waals surface area contributed by atoms with Gasteiger partial charge in [0.1, 0.15) is 17.1 Å². The fraction of sp³-hybridized carbons (Fsp3) is 0.130. The molecule has 132 valence electrons. The molecule has 1 heterocycles. The van der Waals surface area contributed by atoms with Gasteiger partial charge in [-0.3, -0.25) is 4.99 Å². The summed E-state index contributed by atoms with van der Waals surface area (Å²) in [4.78, 5) is 4.77. The van der Waals surface area contributed by atoms with Crippen molar-refractivity contribution in [2.75, 3.05) is 7.11 Å².